The predicted molar refractivity (Wildman–Crippen MR) is 229 cm³/mol. The normalized spacial score (nSPS) is 22.0. The first-order valence-corrected chi connectivity index (χ1v) is 21.6. The highest BCUT2D eigenvalue weighted by Gasteiger charge is 2.42. The SMILES string of the molecule is CCC.COC(=O)NCC(=O)N1CC(C)CC1c1ncc(-c2ccc(-c3ccc(-c4cnc([C@@H]5CCCN5C(=O)C(NC(=O)OC)C(C)C)[nH]4)cc3)c3c2C2CCC3C2)[nH]1. The van der Waals surface area contributed by atoms with Gasteiger partial charge in [0.05, 0.1) is 50.1 Å². The van der Waals surface area contributed by atoms with E-state index < -0.39 is 18.2 Å². The van der Waals surface area contributed by atoms with Gasteiger partial charge in [-0.2, -0.15) is 0 Å². The van der Waals surface area contributed by atoms with Crippen molar-refractivity contribution < 1.29 is 28.7 Å². The van der Waals surface area contributed by atoms with E-state index in [1.807, 2.05) is 36.0 Å². The lowest BCUT2D eigenvalue weighted by atomic mass is 9.82. The number of likely N-dealkylation sites (tertiary alicyclic amines) is 2. The zero-order chi connectivity index (χ0) is 42.7. The Morgan fingerprint density at radius 2 is 1.38 bits per heavy atom. The number of hydrogen-bond donors (Lipinski definition) is 4. The van der Waals surface area contributed by atoms with Crippen LogP contribution in [0.2, 0.25) is 0 Å². The zero-order valence-electron chi connectivity index (χ0n) is 36.0. The number of ether oxygens (including phenoxy) is 2. The molecule has 4 heterocycles. The number of nitrogens with one attached hydrogen (secondary N) is 4. The van der Waals surface area contributed by atoms with Crippen LogP contribution in [0.15, 0.2) is 48.8 Å². The molecule has 4 aliphatic rings. The molecule has 0 spiro atoms. The fourth-order valence-electron chi connectivity index (χ4n) is 9.73. The molecule has 5 unspecified atom stereocenters. The molecule has 2 aliphatic heterocycles. The Hall–Kier alpha value is -5.66. The fourth-order valence-corrected chi connectivity index (χ4v) is 9.73. The molecule has 4 aromatic rings. The highest BCUT2D eigenvalue weighted by atomic mass is 16.5. The van der Waals surface area contributed by atoms with Crippen LogP contribution in [0.1, 0.15) is 126 Å². The minimum Gasteiger partial charge on any atom is -0.453 e. The topological polar surface area (TPSA) is 175 Å². The summed E-state index contributed by atoms with van der Waals surface area (Å²) in [6.45, 7) is 11.3. The van der Waals surface area contributed by atoms with Crippen LogP contribution in [0.5, 0.6) is 0 Å². The van der Waals surface area contributed by atoms with E-state index in [0.29, 0.717) is 30.8 Å². The first kappa shape index (κ1) is 42.5. The molecule has 3 fully saturated rings. The van der Waals surface area contributed by atoms with Gasteiger partial charge >= 0.3 is 12.2 Å². The third-order valence-electron chi connectivity index (χ3n) is 12.5. The Morgan fingerprint density at radius 3 is 2.05 bits per heavy atom. The summed E-state index contributed by atoms with van der Waals surface area (Å²) in [4.78, 5) is 70.7. The molecule has 1 saturated carbocycles. The first-order chi connectivity index (χ1) is 29.0. The second-order valence-electron chi connectivity index (χ2n) is 17.1. The van der Waals surface area contributed by atoms with Crippen molar-refractivity contribution in [3.05, 3.63) is 71.6 Å². The number of amides is 4. The van der Waals surface area contributed by atoms with Gasteiger partial charge in [0.1, 0.15) is 24.2 Å². The van der Waals surface area contributed by atoms with E-state index in [4.69, 9.17) is 14.7 Å². The summed E-state index contributed by atoms with van der Waals surface area (Å²) in [7, 11) is 2.58. The third-order valence-corrected chi connectivity index (χ3v) is 12.5. The molecule has 320 valence electrons. The standard InChI is InChI=1S/C43H52N8O6.C3H8/c1-23(2)38(49-43(55)57-5)41(53)50-16-6-7-33(50)39-44-19-31(47-39)26-10-8-25(9-11-26)29-14-15-30(37-28-13-12-27(18-28)36(29)37)32-20-45-40(48-32)34-17-24(3)22-51(34)35(52)21-46-42(54)56-4;1-3-2/h8-11,14-15,19-20,23-24,27-28,33-34,38H,6-7,12-13,16-18,21-22H2,1-5H3,(H,44,47)(H,45,48)(H,46,54)(H,49,55);3H2,1-2H3/t24?,27?,28?,33-,34?,38?;/m0./s1. The Bertz CT molecular complexity index is 2180. The number of fused-ring (bicyclic) bond motifs is 5. The number of nitrogens with zero attached hydrogens (tertiary/aromatic N) is 4. The summed E-state index contributed by atoms with van der Waals surface area (Å²) in [5.41, 5.74) is 9.31. The molecule has 2 saturated heterocycles. The van der Waals surface area contributed by atoms with Gasteiger partial charge in [0.15, 0.2) is 0 Å². The number of aromatic amines is 2. The molecule has 60 heavy (non-hydrogen) atoms. The molecule has 2 aromatic carbocycles. The first-order valence-electron chi connectivity index (χ1n) is 21.6. The molecule has 8 rings (SSSR count). The van der Waals surface area contributed by atoms with Gasteiger partial charge in [-0.15, -0.1) is 0 Å². The number of carbonyl (C=O) groups excluding carboxylic acids is 4. The second-order valence-corrected chi connectivity index (χ2v) is 17.1. The van der Waals surface area contributed by atoms with Gasteiger partial charge in [0.25, 0.3) is 0 Å². The van der Waals surface area contributed by atoms with Crippen LogP contribution in [-0.4, -0.2) is 93.6 Å². The number of carbonyl (C=O) groups is 4. The number of H-pyrrole nitrogens is 2. The molecule has 2 aliphatic carbocycles. The molecule has 4 N–H and O–H groups in total. The maximum absolute atomic E-state index is 13.6. The van der Waals surface area contributed by atoms with Crippen LogP contribution in [0, 0.1) is 11.8 Å². The van der Waals surface area contributed by atoms with E-state index in [0.717, 1.165) is 54.3 Å². The van der Waals surface area contributed by atoms with E-state index in [1.165, 1.54) is 61.3 Å². The summed E-state index contributed by atoms with van der Waals surface area (Å²) < 4.78 is 9.43. The largest absolute Gasteiger partial charge is 0.453 e. The number of imidazole rings is 2. The molecule has 2 bridgehead atoms. The summed E-state index contributed by atoms with van der Waals surface area (Å²) in [6, 6.07) is 12.0. The Balaban J connectivity index is 0.00000176. The maximum Gasteiger partial charge on any atom is 0.407 e. The van der Waals surface area contributed by atoms with Crippen LogP contribution < -0.4 is 10.6 Å². The minimum absolute atomic E-state index is 0.102. The van der Waals surface area contributed by atoms with Crippen LogP contribution in [0.25, 0.3) is 33.6 Å². The lowest BCUT2D eigenvalue weighted by Gasteiger charge is -2.30. The van der Waals surface area contributed by atoms with Gasteiger partial charge in [0, 0.05) is 18.7 Å². The number of alkyl carbamates (subject to hydrolysis) is 2. The van der Waals surface area contributed by atoms with E-state index >= 15 is 0 Å². The summed E-state index contributed by atoms with van der Waals surface area (Å²) in [5.74, 6) is 2.43. The molecule has 14 heteroatoms. The number of hydrogen-bond acceptors (Lipinski definition) is 8. The van der Waals surface area contributed by atoms with Crippen molar-refractivity contribution >= 4 is 24.0 Å². The quantitative estimate of drug-likeness (QED) is 0.124. The molecule has 4 amide bonds. The molecular formula is C46H60N8O6. The average molecular weight is 821 g/mol. The Kier molecular flexibility index (Phi) is 13.0. The van der Waals surface area contributed by atoms with Crippen LogP contribution in [0.4, 0.5) is 9.59 Å². The van der Waals surface area contributed by atoms with Crippen molar-refractivity contribution in [2.75, 3.05) is 33.9 Å². The van der Waals surface area contributed by atoms with Gasteiger partial charge in [-0.1, -0.05) is 77.4 Å². The van der Waals surface area contributed by atoms with Crippen molar-refractivity contribution in [1.29, 1.82) is 0 Å². The molecule has 2 aromatic heterocycles. The van der Waals surface area contributed by atoms with Gasteiger partial charge in [-0.25, -0.2) is 19.6 Å². The van der Waals surface area contributed by atoms with Gasteiger partial charge in [-0.05, 0) is 90.0 Å². The number of benzene rings is 2. The summed E-state index contributed by atoms with van der Waals surface area (Å²) in [6.07, 6.45) is 9.70. The van der Waals surface area contributed by atoms with Crippen molar-refractivity contribution in [3.63, 3.8) is 0 Å². The zero-order valence-corrected chi connectivity index (χ0v) is 36.0. The van der Waals surface area contributed by atoms with Crippen LogP contribution >= 0.6 is 0 Å². The molecular weight excluding hydrogens is 761 g/mol. The van der Waals surface area contributed by atoms with Gasteiger partial charge < -0.3 is 39.9 Å². The number of aromatic nitrogens is 4. The lowest BCUT2D eigenvalue weighted by Crippen LogP contribution is -2.51. The molecule has 0 radical (unpaired) electrons. The van der Waals surface area contributed by atoms with Gasteiger partial charge in [-0.3, -0.25) is 9.59 Å². The minimum atomic E-state index is -0.684. The second kappa shape index (κ2) is 18.3. The highest BCUT2D eigenvalue weighted by molar-refractivity contribution is 5.87. The van der Waals surface area contributed by atoms with E-state index in [-0.39, 0.29) is 36.4 Å². The van der Waals surface area contributed by atoms with Crippen LogP contribution in [0.3, 0.4) is 0 Å². The summed E-state index contributed by atoms with van der Waals surface area (Å²) >= 11 is 0. The van der Waals surface area contributed by atoms with Crippen LogP contribution in [-0.2, 0) is 19.1 Å². The molecule has 6 atom stereocenters. The fraction of sp³-hybridized carbons (Fsp3) is 0.522. The predicted octanol–water partition coefficient (Wildman–Crippen LogP) is 8.22. The third kappa shape index (κ3) is 8.51. The van der Waals surface area contributed by atoms with E-state index in [9.17, 15) is 19.2 Å². The molecule has 14 nitrogen and oxygen atoms in total. The highest BCUT2D eigenvalue weighted by Crippen LogP contribution is 2.58. The van der Waals surface area contributed by atoms with E-state index in [1.54, 1.807) is 0 Å². The number of methoxy groups -OCH3 is 2. The maximum atomic E-state index is 13.6. The smallest absolute Gasteiger partial charge is 0.407 e. The average Bonchev–Trinajstić information content (AvgIpc) is 4.12. The van der Waals surface area contributed by atoms with E-state index in [2.05, 4.69) is 82.5 Å². The van der Waals surface area contributed by atoms with Crippen molar-refractivity contribution in [3.8, 4) is 33.6 Å². The van der Waals surface area contributed by atoms with Crippen molar-refractivity contribution in [2.45, 2.75) is 110 Å². The van der Waals surface area contributed by atoms with Crippen molar-refractivity contribution in [2.24, 2.45) is 11.8 Å². The van der Waals surface area contributed by atoms with Gasteiger partial charge in [0.2, 0.25) is 11.8 Å². The van der Waals surface area contributed by atoms with Crippen molar-refractivity contribution in [1.82, 2.24) is 40.4 Å². The Morgan fingerprint density at radius 1 is 0.783 bits per heavy atom. The number of rotatable bonds is 10. The monoisotopic (exact) mass is 820 g/mol. The lowest BCUT2D eigenvalue weighted by molar-refractivity contribution is -0.135. The Labute approximate surface area is 352 Å². The summed E-state index contributed by atoms with van der Waals surface area (Å²) in [5, 5.41) is 5.23.